The Labute approximate surface area is 277 Å². The number of ether oxygens (including phenoxy) is 2. The summed E-state index contributed by atoms with van der Waals surface area (Å²) < 4.78 is 12.2. The Morgan fingerprint density at radius 2 is 0.841 bits per heavy atom. The number of likely N-dealkylation sites (N-methyl/N-ethyl adjacent to an activating group) is 1. The Morgan fingerprint density at radius 1 is 0.455 bits per heavy atom. The third kappa shape index (κ3) is 37.0. The Hall–Kier alpha value is -1.16. The van der Waals surface area contributed by atoms with Crippen molar-refractivity contribution in [1.29, 1.82) is 0 Å². The summed E-state index contributed by atoms with van der Waals surface area (Å²) in [5.74, 6) is 0. The number of unbranched alkanes of at least 4 members (excludes halogenated alkanes) is 18. The van der Waals surface area contributed by atoms with Gasteiger partial charge in [0.1, 0.15) is 0 Å². The van der Waals surface area contributed by atoms with E-state index in [2.05, 4.69) is 81.5 Å². The van der Waals surface area contributed by atoms with Gasteiger partial charge in [0.25, 0.3) is 0 Å². The Balaban J connectivity index is 3.58. The fourth-order valence-corrected chi connectivity index (χ4v) is 5.31. The molecule has 258 valence electrons. The van der Waals surface area contributed by atoms with Crippen LogP contribution in [0.15, 0.2) is 48.6 Å². The molecule has 0 rings (SSSR count). The molecule has 0 spiro atoms. The molecule has 0 aromatic rings. The minimum atomic E-state index is 0.188. The Morgan fingerprint density at radius 3 is 1.27 bits per heavy atom. The molecule has 3 heteroatoms. The van der Waals surface area contributed by atoms with Crippen molar-refractivity contribution < 1.29 is 9.47 Å². The highest BCUT2D eigenvalue weighted by atomic mass is 16.5. The minimum absolute atomic E-state index is 0.188. The first-order valence-corrected chi connectivity index (χ1v) is 19.1. The molecule has 0 radical (unpaired) electrons. The molecule has 0 aromatic heterocycles. The Kier molecular flexibility index (Phi) is 37.0. The van der Waals surface area contributed by atoms with Crippen molar-refractivity contribution in [1.82, 2.24) is 4.90 Å². The molecule has 1 atom stereocenters. The molecule has 0 saturated carbocycles. The average molecular weight is 616 g/mol. The maximum absolute atomic E-state index is 6.21. The van der Waals surface area contributed by atoms with Crippen molar-refractivity contribution in [2.75, 3.05) is 40.5 Å². The quantitative estimate of drug-likeness (QED) is 0.0523. The first-order chi connectivity index (χ1) is 21.7. The van der Waals surface area contributed by atoms with Gasteiger partial charge >= 0.3 is 0 Å². The van der Waals surface area contributed by atoms with Crippen molar-refractivity contribution in [3.63, 3.8) is 0 Å². The average Bonchev–Trinajstić information content (AvgIpc) is 3.01. The van der Waals surface area contributed by atoms with Crippen molar-refractivity contribution in [2.45, 2.75) is 174 Å². The summed E-state index contributed by atoms with van der Waals surface area (Å²) in [7, 11) is 4.25. The Bertz CT molecular complexity index is 651. The largest absolute Gasteiger partial charge is 0.379 e. The third-order valence-electron chi connectivity index (χ3n) is 8.06. The van der Waals surface area contributed by atoms with Gasteiger partial charge in [0.2, 0.25) is 0 Å². The second-order valence-electron chi connectivity index (χ2n) is 13.0. The van der Waals surface area contributed by atoms with Crippen LogP contribution in [0.5, 0.6) is 0 Å². The molecule has 0 bridgehead atoms. The van der Waals surface area contributed by atoms with E-state index in [0.717, 1.165) is 39.2 Å². The van der Waals surface area contributed by atoms with Gasteiger partial charge in [-0.3, -0.25) is 0 Å². The van der Waals surface area contributed by atoms with E-state index in [4.69, 9.17) is 9.47 Å². The van der Waals surface area contributed by atoms with Crippen LogP contribution in [0.2, 0.25) is 0 Å². The van der Waals surface area contributed by atoms with E-state index < -0.39 is 0 Å². The van der Waals surface area contributed by atoms with Gasteiger partial charge in [-0.25, -0.2) is 0 Å². The molecule has 0 aliphatic carbocycles. The van der Waals surface area contributed by atoms with E-state index in [0.29, 0.717) is 0 Å². The van der Waals surface area contributed by atoms with E-state index >= 15 is 0 Å². The van der Waals surface area contributed by atoms with Crippen LogP contribution < -0.4 is 0 Å². The second-order valence-corrected chi connectivity index (χ2v) is 13.0. The van der Waals surface area contributed by atoms with Crippen molar-refractivity contribution in [2.24, 2.45) is 0 Å². The van der Waals surface area contributed by atoms with Crippen molar-refractivity contribution in [3.8, 4) is 0 Å². The summed E-state index contributed by atoms with van der Waals surface area (Å²) in [6.45, 7) is 7.92. The summed E-state index contributed by atoms with van der Waals surface area (Å²) >= 11 is 0. The van der Waals surface area contributed by atoms with Crippen LogP contribution in [0, 0.1) is 0 Å². The van der Waals surface area contributed by atoms with Gasteiger partial charge in [-0.05, 0) is 91.1 Å². The molecule has 0 amide bonds. The van der Waals surface area contributed by atoms with Gasteiger partial charge in [0.05, 0.1) is 12.7 Å². The molecule has 0 aliphatic rings. The maximum atomic E-state index is 6.21. The lowest BCUT2D eigenvalue weighted by Crippen LogP contribution is -2.32. The lowest BCUT2D eigenvalue weighted by molar-refractivity contribution is -0.0287. The van der Waals surface area contributed by atoms with Crippen LogP contribution in [0.3, 0.4) is 0 Å². The molecular weight excluding hydrogens is 538 g/mol. The van der Waals surface area contributed by atoms with E-state index in [1.165, 1.54) is 141 Å². The second kappa shape index (κ2) is 38.0. The molecule has 0 aromatic carbocycles. The van der Waals surface area contributed by atoms with Gasteiger partial charge in [-0.15, -0.1) is 0 Å². The van der Waals surface area contributed by atoms with Gasteiger partial charge in [-0.1, -0.05) is 140 Å². The lowest BCUT2D eigenvalue weighted by atomic mass is 10.1. The summed E-state index contributed by atoms with van der Waals surface area (Å²) in [5.41, 5.74) is 0. The molecule has 44 heavy (non-hydrogen) atoms. The summed E-state index contributed by atoms with van der Waals surface area (Å²) in [5, 5.41) is 0. The van der Waals surface area contributed by atoms with E-state index in [9.17, 15) is 0 Å². The van der Waals surface area contributed by atoms with Crippen LogP contribution in [0.25, 0.3) is 0 Å². The number of rotatable bonds is 35. The monoisotopic (exact) mass is 616 g/mol. The van der Waals surface area contributed by atoms with Crippen molar-refractivity contribution in [3.05, 3.63) is 48.6 Å². The molecule has 0 saturated heterocycles. The predicted molar refractivity (Wildman–Crippen MR) is 198 cm³/mol. The number of hydrogen-bond donors (Lipinski definition) is 0. The van der Waals surface area contributed by atoms with Crippen LogP contribution in [0.4, 0.5) is 0 Å². The molecule has 0 unspecified atom stereocenters. The summed E-state index contributed by atoms with van der Waals surface area (Å²) in [4.78, 5) is 2.22. The SMILES string of the molecule is CCCCC/C=C\C/C=C\CCCCCCCCOC[C@@H](CN(C)C)OCCCCCCCC/C=C\C/C=C\CCCCC. The molecule has 0 N–H and O–H groups in total. The molecule has 0 heterocycles. The third-order valence-corrected chi connectivity index (χ3v) is 8.06. The van der Waals surface area contributed by atoms with Crippen LogP contribution >= 0.6 is 0 Å². The van der Waals surface area contributed by atoms with Crippen LogP contribution in [-0.2, 0) is 9.47 Å². The molecule has 0 aliphatic heterocycles. The van der Waals surface area contributed by atoms with E-state index in [1.54, 1.807) is 0 Å². The highest BCUT2D eigenvalue weighted by Crippen LogP contribution is 2.11. The van der Waals surface area contributed by atoms with Gasteiger partial charge in [0.15, 0.2) is 0 Å². The van der Waals surface area contributed by atoms with Gasteiger partial charge in [-0.2, -0.15) is 0 Å². The van der Waals surface area contributed by atoms with Crippen LogP contribution in [0.1, 0.15) is 168 Å². The number of hydrogen-bond acceptors (Lipinski definition) is 3. The lowest BCUT2D eigenvalue weighted by Gasteiger charge is -2.21. The first kappa shape index (κ1) is 42.8. The van der Waals surface area contributed by atoms with Gasteiger partial charge < -0.3 is 14.4 Å². The fraction of sp³-hybridized carbons (Fsp3) is 0.805. The maximum Gasteiger partial charge on any atom is 0.0934 e. The summed E-state index contributed by atoms with van der Waals surface area (Å²) in [6.07, 6.45) is 49.7. The summed E-state index contributed by atoms with van der Waals surface area (Å²) in [6, 6.07) is 0. The highest BCUT2D eigenvalue weighted by molar-refractivity contribution is 4.93. The first-order valence-electron chi connectivity index (χ1n) is 19.1. The van der Waals surface area contributed by atoms with Crippen LogP contribution in [-0.4, -0.2) is 51.5 Å². The molecular formula is C41H77NO2. The smallest absolute Gasteiger partial charge is 0.0934 e. The van der Waals surface area contributed by atoms with E-state index in [-0.39, 0.29) is 6.10 Å². The highest BCUT2D eigenvalue weighted by Gasteiger charge is 2.10. The standard InChI is InChI=1S/C41H77NO2/c1-5-7-9-11-13-15-17-19-21-23-25-27-29-31-33-35-37-43-40-41(39-42(3)4)44-38-36-34-32-30-28-26-24-22-20-18-16-14-12-10-8-6-2/h13-16,19-22,41H,5-12,17-18,23-40H2,1-4H3/b15-13-,16-14-,21-19-,22-20-/t41-/m1/s1. The minimum Gasteiger partial charge on any atom is -0.379 e. The fourth-order valence-electron chi connectivity index (χ4n) is 5.31. The molecule has 0 fully saturated rings. The zero-order valence-electron chi connectivity index (χ0n) is 30.3. The van der Waals surface area contributed by atoms with Crippen molar-refractivity contribution >= 4 is 0 Å². The number of allylic oxidation sites excluding steroid dienone is 8. The van der Waals surface area contributed by atoms with E-state index in [1.807, 2.05) is 0 Å². The molecule has 3 nitrogen and oxygen atoms in total. The normalized spacial score (nSPS) is 13.2. The zero-order valence-corrected chi connectivity index (χ0v) is 30.3. The number of nitrogens with zero attached hydrogens (tertiary/aromatic N) is 1. The van der Waals surface area contributed by atoms with Gasteiger partial charge in [0, 0.05) is 19.8 Å². The topological polar surface area (TPSA) is 21.7 Å². The zero-order chi connectivity index (χ0) is 32.0. The predicted octanol–water partition coefficient (Wildman–Crippen LogP) is 12.6.